The van der Waals surface area contributed by atoms with Gasteiger partial charge in [-0.25, -0.2) is 4.68 Å². The van der Waals surface area contributed by atoms with Crippen molar-refractivity contribution in [1.29, 1.82) is 0 Å². The maximum atomic E-state index is 12.4. The molecule has 0 amide bonds. The van der Waals surface area contributed by atoms with Crippen molar-refractivity contribution in [2.75, 3.05) is 6.61 Å². The zero-order valence-electron chi connectivity index (χ0n) is 13.2. The lowest BCUT2D eigenvalue weighted by Gasteiger charge is -2.12. The van der Waals surface area contributed by atoms with Crippen LogP contribution in [0.3, 0.4) is 0 Å². The molecule has 0 saturated carbocycles. The number of benzene rings is 1. The van der Waals surface area contributed by atoms with Crippen LogP contribution in [0.5, 0.6) is 11.8 Å². The second-order valence-electron chi connectivity index (χ2n) is 5.06. The van der Waals surface area contributed by atoms with Crippen LogP contribution >= 0.6 is 15.9 Å². The topological polar surface area (TPSA) is 82.0 Å². The third-order valence-corrected chi connectivity index (χ3v) is 3.93. The molecule has 2 aromatic heterocycles. The Balaban J connectivity index is 2.10. The van der Waals surface area contributed by atoms with E-state index in [-0.39, 0.29) is 28.4 Å². The monoisotopic (exact) mass is 414 g/mol. The third-order valence-electron chi connectivity index (χ3n) is 3.33. The highest BCUT2D eigenvalue weighted by molar-refractivity contribution is 9.10. The average Bonchev–Trinajstić information content (AvgIpc) is 2.90. The third kappa shape index (κ3) is 3.48. The van der Waals surface area contributed by atoms with Crippen molar-refractivity contribution in [3.8, 4) is 17.4 Å². The summed E-state index contributed by atoms with van der Waals surface area (Å²) in [4.78, 5) is 18.8. The summed E-state index contributed by atoms with van der Waals surface area (Å²) in [6.45, 7) is 0.926. The summed E-state index contributed by atoms with van der Waals surface area (Å²) in [5, 5.41) is 4.57. The van der Waals surface area contributed by atoms with Crippen molar-refractivity contribution in [2.24, 2.45) is 0 Å². The number of hydrogen-bond acceptors (Lipinski definition) is 5. The summed E-state index contributed by atoms with van der Waals surface area (Å²) >= 11 is 3.32. The molecule has 0 aliphatic carbocycles. The number of aromatic amines is 1. The van der Waals surface area contributed by atoms with Crippen molar-refractivity contribution in [3.05, 3.63) is 38.7 Å². The molecule has 0 fully saturated rings. The van der Waals surface area contributed by atoms with Gasteiger partial charge in [0.25, 0.3) is 11.6 Å². The van der Waals surface area contributed by atoms with Crippen molar-refractivity contribution >= 4 is 27.0 Å². The Morgan fingerprint density at radius 3 is 2.80 bits per heavy atom. The predicted molar refractivity (Wildman–Crippen MR) is 89.7 cm³/mol. The highest BCUT2D eigenvalue weighted by Gasteiger charge is 2.16. The number of H-pyrrole nitrogens is 1. The maximum Gasteiger partial charge on any atom is 0.387 e. The maximum absolute atomic E-state index is 12.4. The molecule has 3 rings (SSSR count). The Morgan fingerprint density at radius 2 is 2.16 bits per heavy atom. The Hall–Kier alpha value is -2.49. The van der Waals surface area contributed by atoms with Crippen LogP contribution in [0.15, 0.2) is 27.6 Å². The first-order valence-corrected chi connectivity index (χ1v) is 8.06. The second-order valence-corrected chi connectivity index (χ2v) is 5.92. The number of ether oxygens (including phenoxy) is 2. The van der Waals surface area contributed by atoms with E-state index in [1.54, 1.807) is 13.8 Å². The fraction of sp³-hybridized carbons (Fsp3) is 0.267. The van der Waals surface area contributed by atoms with E-state index >= 15 is 0 Å². The molecule has 2 heterocycles. The van der Waals surface area contributed by atoms with Crippen molar-refractivity contribution < 1.29 is 18.3 Å². The van der Waals surface area contributed by atoms with Gasteiger partial charge in [0, 0.05) is 10.7 Å². The molecule has 0 spiro atoms. The lowest BCUT2D eigenvalue weighted by Crippen LogP contribution is -2.09. The minimum Gasteiger partial charge on any atom is -0.465 e. The SMILES string of the molecule is CCOc1nc2nn(-c3c(C)cc(OC(F)F)cc3Br)cc2c(=O)[nH]1. The van der Waals surface area contributed by atoms with Gasteiger partial charge in [-0.05, 0) is 47.5 Å². The molecule has 0 atom stereocenters. The van der Waals surface area contributed by atoms with Crippen LogP contribution in [-0.4, -0.2) is 33.0 Å². The number of fused-ring (bicyclic) bond motifs is 1. The fourth-order valence-electron chi connectivity index (χ4n) is 2.38. The summed E-state index contributed by atoms with van der Waals surface area (Å²) in [6.07, 6.45) is 1.51. The zero-order chi connectivity index (χ0) is 18.1. The minimum atomic E-state index is -2.91. The molecule has 132 valence electrons. The van der Waals surface area contributed by atoms with E-state index in [0.29, 0.717) is 22.3 Å². The highest BCUT2D eigenvalue weighted by Crippen LogP contribution is 2.31. The van der Waals surface area contributed by atoms with Crippen LogP contribution in [0.1, 0.15) is 12.5 Å². The lowest BCUT2D eigenvalue weighted by molar-refractivity contribution is -0.0499. The van der Waals surface area contributed by atoms with E-state index in [2.05, 4.69) is 35.7 Å². The average molecular weight is 415 g/mol. The van der Waals surface area contributed by atoms with Crippen molar-refractivity contribution in [1.82, 2.24) is 19.7 Å². The quantitative estimate of drug-likeness (QED) is 0.693. The Labute approximate surface area is 148 Å². The number of nitrogens with zero attached hydrogens (tertiary/aromatic N) is 3. The summed E-state index contributed by atoms with van der Waals surface area (Å²) in [6, 6.07) is 2.95. The van der Waals surface area contributed by atoms with Gasteiger partial charge in [0.15, 0.2) is 5.65 Å². The number of nitrogens with one attached hydrogen (secondary N) is 1. The lowest BCUT2D eigenvalue weighted by atomic mass is 10.2. The van der Waals surface area contributed by atoms with E-state index in [4.69, 9.17) is 4.74 Å². The minimum absolute atomic E-state index is 0.0226. The van der Waals surface area contributed by atoms with Crippen LogP contribution in [0.2, 0.25) is 0 Å². The number of aromatic nitrogens is 4. The first kappa shape index (κ1) is 17.3. The molecule has 10 heteroatoms. The number of hydrogen-bond donors (Lipinski definition) is 1. The molecule has 1 N–H and O–H groups in total. The van der Waals surface area contributed by atoms with Crippen LogP contribution in [0.4, 0.5) is 8.78 Å². The second kappa shape index (κ2) is 6.79. The number of alkyl halides is 2. The standard InChI is InChI=1S/C15H13BrF2N4O3/c1-3-24-15-19-12-9(13(23)20-15)6-22(21-12)11-7(2)4-8(5-10(11)16)25-14(17)18/h4-6,14H,3H2,1-2H3,(H,19,20,21,23). The summed E-state index contributed by atoms with van der Waals surface area (Å²) < 4.78 is 36.3. The van der Waals surface area contributed by atoms with Crippen molar-refractivity contribution in [2.45, 2.75) is 20.5 Å². The predicted octanol–water partition coefficient (Wildman–Crippen LogP) is 3.18. The molecule has 0 radical (unpaired) electrons. The smallest absolute Gasteiger partial charge is 0.387 e. The van der Waals surface area contributed by atoms with Gasteiger partial charge < -0.3 is 9.47 Å². The molecule has 3 aromatic rings. The van der Waals surface area contributed by atoms with Crippen LogP contribution < -0.4 is 15.0 Å². The first-order valence-electron chi connectivity index (χ1n) is 7.27. The van der Waals surface area contributed by atoms with E-state index in [1.165, 1.54) is 23.0 Å². The van der Waals surface area contributed by atoms with Crippen LogP contribution in [0, 0.1) is 6.92 Å². The van der Waals surface area contributed by atoms with Crippen molar-refractivity contribution in [3.63, 3.8) is 0 Å². The number of halogens is 3. The summed E-state index contributed by atoms with van der Waals surface area (Å²) in [5.74, 6) is 0.0226. The van der Waals surface area contributed by atoms with Crippen LogP contribution in [0.25, 0.3) is 16.7 Å². The molecule has 7 nitrogen and oxygen atoms in total. The largest absolute Gasteiger partial charge is 0.465 e. The molecule has 25 heavy (non-hydrogen) atoms. The Bertz CT molecular complexity index is 964. The van der Waals surface area contributed by atoms with Gasteiger partial charge in [-0.3, -0.25) is 9.78 Å². The molecule has 1 aromatic carbocycles. The van der Waals surface area contributed by atoms with Gasteiger partial charge in [0.2, 0.25) is 0 Å². The van der Waals surface area contributed by atoms with Gasteiger partial charge in [0.05, 0.1) is 12.3 Å². The van der Waals surface area contributed by atoms with E-state index < -0.39 is 6.61 Å². The first-order chi connectivity index (χ1) is 11.9. The summed E-state index contributed by atoms with van der Waals surface area (Å²) in [5.41, 5.74) is 1.04. The fourth-order valence-corrected chi connectivity index (χ4v) is 3.10. The van der Waals surface area contributed by atoms with Gasteiger partial charge in [-0.2, -0.15) is 13.8 Å². The van der Waals surface area contributed by atoms with Crippen LogP contribution in [-0.2, 0) is 0 Å². The molecule has 0 bridgehead atoms. The normalized spacial score (nSPS) is 11.3. The number of aryl methyl sites for hydroxylation is 1. The zero-order valence-corrected chi connectivity index (χ0v) is 14.8. The molecule has 0 aliphatic heterocycles. The Kier molecular flexibility index (Phi) is 4.71. The molecule has 0 unspecified atom stereocenters. The van der Waals surface area contributed by atoms with Gasteiger partial charge in [-0.1, -0.05) is 0 Å². The van der Waals surface area contributed by atoms with Gasteiger partial charge in [-0.15, -0.1) is 5.10 Å². The van der Waals surface area contributed by atoms with Gasteiger partial charge in [0.1, 0.15) is 11.1 Å². The number of rotatable bonds is 5. The van der Waals surface area contributed by atoms with E-state index in [9.17, 15) is 13.6 Å². The van der Waals surface area contributed by atoms with E-state index in [1.807, 2.05) is 0 Å². The van der Waals surface area contributed by atoms with E-state index in [0.717, 1.165) is 0 Å². The van der Waals surface area contributed by atoms with Gasteiger partial charge >= 0.3 is 6.61 Å². The molecule has 0 saturated heterocycles. The molecular weight excluding hydrogens is 402 g/mol. The summed E-state index contributed by atoms with van der Waals surface area (Å²) in [7, 11) is 0. The molecular formula is C15H13BrF2N4O3. The molecule has 0 aliphatic rings. The highest BCUT2D eigenvalue weighted by atomic mass is 79.9. The Morgan fingerprint density at radius 1 is 1.40 bits per heavy atom.